The van der Waals surface area contributed by atoms with Crippen LogP contribution in [0.3, 0.4) is 0 Å². The number of aryl methyl sites for hydroxylation is 1. The first-order valence-corrected chi connectivity index (χ1v) is 10.5. The average molecular weight is 432 g/mol. The molecule has 3 rings (SSSR count). The summed E-state index contributed by atoms with van der Waals surface area (Å²) in [6.07, 6.45) is 9.90. The number of rotatable bonds is 8. The summed E-state index contributed by atoms with van der Waals surface area (Å²) in [6, 6.07) is 2.39. The lowest BCUT2D eigenvalue weighted by Gasteiger charge is -2.24. The Morgan fingerprint density at radius 2 is 2.17 bits per heavy atom. The molecule has 162 valence electrons. The molecular formula is C20H29N7O2S. The molecule has 9 nitrogen and oxygen atoms in total. The first kappa shape index (κ1) is 23.5. The van der Waals surface area contributed by atoms with Crippen LogP contribution in [0, 0.1) is 12.3 Å². The van der Waals surface area contributed by atoms with E-state index in [2.05, 4.69) is 32.5 Å². The first-order valence-electron chi connectivity index (χ1n) is 9.67. The van der Waals surface area contributed by atoms with Crippen molar-refractivity contribution in [1.29, 1.82) is 5.41 Å². The first-order chi connectivity index (χ1) is 14.6. The van der Waals surface area contributed by atoms with Gasteiger partial charge in [0.2, 0.25) is 12.4 Å². The van der Waals surface area contributed by atoms with Crippen molar-refractivity contribution in [2.75, 3.05) is 23.4 Å². The summed E-state index contributed by atoms with van der Waals surface area (Å²) in [6.45, 7) is 4.02. The Bertz CT molecular complexity index is 834. The number of amides is 1. The van der Waals surface area contributed by atoms with Crippen LogP contribution in [-0.2, 0) is 22.5 Å². The van der Waals surface area contributed by atoms with E-state index >= 15 is 0 Å². The van der Waals surface area contributed by atoms with Crippen molar-refractivity contribution in [3.63, 3.8) is 0 Å². The Morgan fingerprint density at radius 1 is 1.43 bits per heavy atom. The lowest BCUT2D eigenvalue weighted by molar-refractivity contribution is -0.106. The fraction of sp³-hybridized carbons (Fsp3) is 0.400. The summed E-state index contributed by atoms with van der Waals surface area (Å²) in [5.74, 6) is 1.29. The number of carbonyl (C=O) groups excluding carboxylic acids is 1. The monoisotopic (exact) mass is 431 g/mol. The molecule has 10 heteroatoms. The highest BCUT2D eigenvalue weighted by Gasteiger charge is 2.16. The smallest absolute Gasteiger partial charge is 0.224 e. The zero-order chi connectivity index (χ0) is 21.8. The Balaban J connectivity index is 0.00000101. The van der Waals surface area contributed by atoms with Crippen molar-refractivity contribution < 1.29 is 9.53 Å². The number of thiophene rings is 1. The lowest BCUT2D eigenvalue weighted by atomic mass is 10.1. The second-order valence-corrected chi connectivity index (χ2v) is 7.57. The number of nitrogens with two attached hydrogens (primary N) is 2. The van der Waals surface area contributed by atoms with E-state index in [0.717, 1.165) is 38.0 Å². The molecule has 1 amide bonds. The van der Waals surface area contributed by atoms with Crippen LogP contribution < -0.4 is 21.7 Å². The van der Waals surface area contributed by atoms with Crippen LogP contribution in [0.1, 0.15) is 28.8 Å². The van der Waals surface area contributed by atoms with E-state index in [1.165, 1.54) is 16.8 Å². The second kappa shape index (κ2) is 12.7. The van der Waals surface area contributed by atoms with Crippen molar-refractivity contribution in [1.82, 2.24) is 9.97 Å². The molecule has 0 unspecified atom stereocenters. The SMILES string of the molecule is Cc1cnc(NC2CCOCC2)nc1N(C=N)/C=C/Cc1sccc1CN.NC=O. The number of aromatic nitrogens is 2. The number of primary amides is 1. The number of ether oxygens (including phenoxy) is 1. The van der Waals surface area contributed by atoms with Gasteiger partial charge in [0.15, 0.2) is 0 Å². The molecule has 6 N–H and O–H groups in total. The van der Waals surface area contributed by atoms with Crippen molar-refractivity contribution >= 4 is 35.9 Å². The molecule has 2 aromatic rings. The van der Waals surface area contributed by atoms with Crippen LogP contribution in [0.25, 0.3) is 0 Å². The Labute approximate surface area is 180 Å². The highest BCUT2D eigenvalue weighted by Crippen LogP contribution is 2.21. The summed E-state index contributed by atoms with van der Waals surface area (Å²) < 4.78 is 5.39. The minimum Gasteiger partial charge on any atom is -0.381 e. The van der Waals surface area contributed by atoms with E-state index in [-0.39, 0.29) is 6.41 Å². The van der Waals surface area contributed by atoms with Crippen LogP contribution in [0.2, 0.25) is 0 Å². The molecule has 1 aliphatic rings. The molecule has 0 aliphatic carbocycles. The number of allylic oxidation sites excluding steroid dienone is 1. The van der Waals surface area contributed by atoms with Gasteiger partial charge in [-0.3, -0.25) is 15.1 Å². The van der Waals surface area contributed by atoms with Crippen molar-refractivity contribution in [2.24, 2.45) is 11.5 Å². The van der Waals surface area contributed by atoms with E-state index in [1.54, 1.807) is 22.4 Å². The minimum atomic E-state index is 0.250. The minimum absolute atomic E-state index is 0.250. The maximum Gasteiger partial charge on any atom is 0.224 e. The number of nitrogens with zero attached hydrogens (tertiary/aromatic N) is 3. The van der Waals surface area contributed by atoms with Gasteiger partial charge in [-0.2, -0.15) is 4.98 Å². The molecule has 1 saturated heterocycles. The van der Waals surface area contributed by atoms with Gasteiger partial charge in [0, 0.05) is 55.1 Å². The maximum atomic E-state index is 8.58. The third-order valence-corrected chi connectivity index (χ3v) is 5.50. The second-order valence-electron chi connectivity index (χ2n) is 6.57. The summed E-state index contributed by atoms with van der Waals surface area (Å²) >= 11 is 1.70. The van der Waals surface area contributed by atoms with Gasteiger partial charge < -0.3 is 21.5 Å². The van der Waals surface area contributed by atoms with E-state index in [0.29, 0.717) is 24.4 Å². The molecule has 0 radical (unpaired) electrons. The number of hydrogen-bond donors (Lipinski definition) is 4. The van der Waals surface area contributed by atoms with Gasteiger partial charge in [-0.15, -0.1) is 11.3 Å². The van der Waals surface area contributed by atoms with Gasteiger partial charge in [0.1, 0.15) is 5.82 Å². The van der Waals surface area contributed by atoms with Crippen LogP contribution in [0.15, 0.2) is 29.9 Å². The van der Waals surface area contributed by atoms with Gasteiger partial charge in [0.05, 0.1) is 6.34 Å². The van der Waals surface area contributed by atoms with Crippen LogP contribution >= 0.6 is 11.3 Å². The molecule has 30 heavy (non-hydrogen) atoms. The quantitative estimate of drug-likeness (QED) is 0.285. The highest BCUT2D eigenvalue weighted by atomic mass is 32.1. The topological polar surface area (TPSA) is 143 Å². The fourth-order valence-electron chi connectivity index (χ4n) is 2.96. The molecule has 1 fully saturated rings. The van der Waals surface area contributed by atoms with E-state index < -0.39 is 0 Å². The summed E-state index contributed by atoms with van der Waals surface area (Å²) in [5, 5.41) is 13.2. The Kier molecular flexibility index (Phi) is 9.92. The standard InChI is InChI=1S/C19H26N6OS.CH3NO/c1-14-12-22-19(23-16-4-8-26-9-5-16)24-18(14)25(13-21)7-2-3-17-15(11-20)6-10-27-17;2-1-3/h2,6-7,10,12-13,16,21H,3-5,8-9,11,20H2,1H3,(H,22,23,24);1H,(H2,2,3)/b7-2+,21-13?;. The normalized spacial score (nSPS) is 14.1. The maximum absolute atomic E-state index is 8.58. The zero-order valence-corrected chi connectivity index (χ0v) is 17.9. The average Bonchev–Trinajstić information content (AvgIpc) is 3.22. The Morgan fingerprint density at radius 3 is 2.83 bits per heavy atom. The molecular weight excluding hydrogens is 402 g/mol. The summed E-state index contributed by atoms with van der Waals surface area (Å²) in [7, 11) is 0. The van der Waals surface area contributed by atoms with E-state index in [9.17, 15) is 0 Å². The van der Waals surface area contributed by atoms with Gasteiger partial charge in [-0.25, -0.2) is 4.98 Å². The summed E-state index contributed by atoms with van der Waals surface area (Å²) in [5.41, 5.74) is 12.0. The molecule has 0 saturated carbocycles. The molecule has 3 heterocycles. The molecule has 2 aromatic heterocycles. The van der Waals surface area contributed by atoms with Crippen molar-refractivity contribution in [3.8, 4) is 0 Å². The van der Waals surface area contributed by atoms with E-state index in [1.807, 2.05) is 19.2 Å². The Hall–Kier alpha value is -2.82. The number of nitrogens with one attached hydrogen (secondary N) is 2. The van der Waals surface area contributed by atoms with Gasteiger partial charge in [-0.05, 0) is 36.8 Å². The molecule has 0 spiro atoms. The number of hydrogen-bond acceptors (Lipinski definition) is 8. The molecule has 0 atom stereocenters. The molecule has 0 aromatic carbocycles. The zero-order valence-electron chi connectivity index (χ0n) is 17.1. The lowest BCUT2D eigenvalue weighted by Crippen LogP contribution is -2.29. The van der Waals surface area contributed by atoms with Gasteiger partial charge in [0.25, 0.3) is 0 Å². The van der Waals surface area contributed by atoms with Gasteiger partial charge >= 0.3 is 0 Å². The molecule has 1 aliphatic heterocycles. The van der Waals surface area contributed by atoms with Crippen LogP contribution in [-0.4, -0.2) is 42.0 Å². The third-order valence-electron chi connectivity index (χ3n) is 4.51. The van der Waals surface area contributed by atoms with Crippen LogP contribution in [0.5, 0.6) is 0 Å². The van der Waals surface area contributed by atoms with Gasteiger partial charge in [-0.1, -0.05) is 6.08 Å². The number of anilines is 2. The largest absolute Gasteiger partial charge is 0.381 e. The molecule has 0 bridgehead atoms. The predicted molar refractivity (Wildman–Crippen MR) is 121 cm³/mol. The number of carbonyl (C=O) groups is 1. The summed E-state index contributed by atoms with van der Waals surface area (Å²) in [4.78, 5) is 20.6. The predicted octanol–water partition coefficient (Wildman–Crippen LogP) is 2.17. The van der Waals surface area contributed by atoms with E-state index in [4.69, 9.17) is 20.7 Å². The van der Waals surface area contributed by atoms with Crippen molar-refractivity contribution in [2.45, 2.75) is 38.8 Å². The highest BCUT2D eigenvalue weighted by molar-refractivity contribution is 7.10. The third kappa shape index (κ3) is 6.90. The fourth-order valence-corrected chi connectivity index (χ4v) is 3.86. The van der Waals surface area contributed by atoms with Crippen molar-refractivity contribution in [3.05, 3.63) is 45.9 Å². The van der Waals surface area contributed by atoms with Crippen LogP contribution in [0.4, 0.5) is 11.8 Å².